The van der Waals surface area contributed by atoms with Gasteiger partial charge in [-0.3, -0.25) is 0 Å². The van der Waals surface area contributed by atoms with Gasteiger partial charge in [0.25, 0.3) is 0 Å². The van der Waals surface area contributed by atoms with E-state index in [0.29, 0.717) is 6.42 Å². The largest absolute Gasteiger partial charge is 0.480 e. The minimum absolute atomic E-state index is 0.0765. The molecule has 0 spiro atoms. The molecule has 0 aromatic rings. The number of ether oxygens (including phenoxy) is 1. The second-order valence-electron chi connectivity index (χ2n) is 3.42. The predicted octanol–water partition coefficient (Wildman–Crippen LogP) is 1.93. The highest BCUT2D eigenvalue weighted by atomic mass is 16.5. The molecular formula is C11H19NO4. The Bertz CT molecular complexity index is 240. The quantitative estimate of drug-likeness (QED) is 0.492. The zero-order valence-corrected chi connectivity index (χ0v) is 9.57. The Morgan fingerprint density at radius 2 is 2.19 bits per heavy atom. The summed E-state index contributed by atoms with van der Waals surface area (Å²) in [4.78, 5) is 21.9. The van der Waals surface area contributed by atoms with Gasteiger partial charge in [0, 0.05) is 0 Å². The molecule has 16 heavy (non-hydrogen) atoms. The first-order valence-electron chi connectivity index (χ1n) is 5.38. The zero-order valence-electron chi connectivity index (χ0n) is 9.57. The summed E-state index contributed by atoms with van der Waals surface area (Å²) < 4.78 is 4.65. The van der Waals surface area contributed by atoms with Crippen molar-refractivity contribution >= 4 is 12.1 Å². The Labute approximate surface area is 95.5 Å². The van der Waals surface area contributed by atoms with E-state index in [1.54, 1.807) is 0 Å². The van der Waals surface area contributed by atoms with Crippen molar-refractivity contribution in [3.05, 3.63) is 12.7 Å². The molecule has 1 atom stereocenters. The normalized spacial score (nSPS) is 11.6. The van der Waals surface area contributed by atoms with Crippen LogP contribution in [0.15, 0.2) is 12.7 Å². The van der Waals surface area contributed by atoms with Crippen LogP contribution in [-0.2, 0) is 9.53 Å². The monoisotopic (exact) mass is 229 g/mol. The Morgan fingerprint density at radius 3 is 2.69 bits per heavy atom. The summed E-state index contributed by atoms with van der Waals surface area (Å²) in [6, 6.07) is -0.871. The fraction of sp³-hybridized carbons (Fsp3) is 0.636. The fourth-order valence-corrected chi connectivity index (χ4v) is 1.17. The number of amides is 1. The van der Waals surface area contributed by atoms with Crippen molar-refractivity contribution in [1.29, 1.82) is 0 Å². The summed E-state index contributed by atoms with van der Waals surface area (Å²) in [6.07, 6.45) is 3.86. The van der Waals surface area contributed by atoms with Crippen LogP contribution in [0, 0.1) is 0 Å². The van der Waals surface area contributed by atoms with Crippen molar-refractivity contribution in [2.45, 2.75) is 38.6 Å². The minimum Gasteiger partial charge on any atom is -0.480 e. The molecule has 1 amide bonds. The topological polar surface area (TPSA) is 75.6 Å². The number of hydrogen-bond acceptors (Lipinski definition) is 3. The van der Waals surface area contributed by atoms with Gasteiger partial charge in [-0.05, 0) is 6.42 Å². The maximum Gasteiger partial charge on any atom is 0.408 e. The molecule has 0 aliphatic heterocycles. The standard InChI is InChI=1S/C11H19NO4/c1-3-5-6-7-9(10(13)14)12-11(15)16-8-4-2/h4,9H,2-3,5-8H2,1H3,(H,12,15)(H,13,14)/t9-/m1/s1. The van der Waals surface area contributed by atoms with Crippen LogP contribution in [0.3, 0.4) is 0 Å². The second kappa shape index (κ2) is 8.76. The van der Waals surface area contributed by atoms with Crippen LogP contribution in [0.4, 0.5) is 4.79 Å². The Kier molecular flexibility index (Phi) is 7.93. The maximum absolute atomic E-state index is 11.1. The van der Waals surface area contributed by atoms with Crippen molar-refractivity contribution in [2.24, 2.45) is 0 Å². The highest BCUT2D eigenvalue weighted by Crippen LogP contribution is 2.04. The smallest absolute Gasteiger partial charge is 0.408 e. The van der Waals surface area contributed by atoms with E-state index in [1.165, 1.54) is 6.08 Å². The summed E-state index contributed by atoms with van der Waals surface area (Å²) in [7, 11) is 0. The predicted molar refractivity (Wildman–Crippen MR) is 60.2 cm³/mol. The molecule has 5 nitrogen and oxygen atoms in total. The van der Waals surface area contributed by atoms with Gasteiger partial charge in [-0.1, -0.05) is 38.8 Å². The summed E-state index contributed by atoms with van der Waals surface area (Å²) >= 11 is 0. The highest BCUT2D eigenvalue weighted by molar-refractivity contribution is 5.79. The molecule has 0 radical (unpaired) electrons. The van der Waals surface area contributed by atoms with E-state index >= 15 is 0 Å². The van der Waals surface area contributed by atoms with Crippen molar-refractivity contribution in [3.63, 3.8) is 0 Å². The van der Waals surface area contributed by atoms with Crippen molar-refractivity contribution in [1.82, 2.24) is 5.32 Å². The molecule has 0 saturated carbocycles. The maximum atomic E-state index is 11.1. The average molecular weight is 229 g/mol. The van der Waals surface area contributed by atoms with Gasteiger partial charge in [0.1, 0.15) is 12.6 Å². The molecule has 0 heterocycles. The lowest BCUT2D eigenvalue weighted by atomic mass is 10.1. The molecule has 5 heteroatoms. The van der Waals surface area contributed by atoms with Crippen molar-refractivity contribution < 1.29 is 19.4 Å². The van der Waals surface area contributed by atoms with E-state index in [9.17, 15) is 9.59 Å². The van der Waals surface area contributed by atoms with Gasteiger partial charge in [-0.25, -0.2) is 9.59 Å². The third-order valence-electron chi connectivity index (χ3n) is 2.02. The van der Waals surface area contributed by atoms with Gasteiger partial charge in [-0.15, -0.1) is 0 Å². The number of carboxylic acids is 1. The lowest BCUT2D eigenvalue weighted by molar-refractivity contribution is -0.139. The number of rotatable bonds is 8. The molecule has 0 aliphatic rings. The van der Waals surface area contributed by atoms with Gasteiger partial charge in [0.15, 0.2) is 0 Å². The van der Waals surface area contributed by atoms with Gasteiger partial charge in [0.2, 0.25) is 0 Å². The van der Waals surface area contributed by atoms with Gasteiger partial charge < -0.3 is 15.2 Å². The molecular weight excluding hydrogens is 210 g/mol. The molecule has 2 N–H and O–H groups in total. The van der Waals surface area contributed by atoms with E-state index in [2.05, 4.69) is 16.6 Å². The van der Waals surface area contributed by atoms with E-state index in [0.717, 1.165) is 19.3 Å². The van der Waals surface area contributed by atoms with E-state index < -0.39 is 18.1 Å². The number of nitrogens with one attached hydrogen (secondary N) is 1. The average Bonchev–Trinajstić information content (AvgIpc) is 2.25. The molecule has 0 unspecified atom stereocenters. The van der Waals surface area contributed by atoms with E-state index in [1.807, 2.05) is 6.92 Å². The number of carboxylic acid groups (broad SMARTS) is 1. The molecule has 0 aromatic carbocycles. The van der Waals surface area contributed by atoms with Crippen LogP contribution in [0.1, 0.15) is 32.6 Å². The minimum atomic E-state index is -1.04. The SMILES string of the molecule is C=CCOC(=O)N[C@H](CCCCC)C(=O)O. The van der Waals surface area contributed by atoms with Crippen LogP contribution >= 0.6 is 0 Å². The van der Waals surface area contributed by atoms with Crippen LogP contribution in [0.25, 0.3) is 0 Å². The Balaban J connectivity index is 3.96. The summed E-state index contributed by atoms with van der Waals surface area (Å²) in [5.74, 6) is -1.04. The lowest BCUT2D eigenvalue weighted by Gasteiger charge is -2.13. The van der Waals surface area contributed by atoms with Crippen LogP contribution in [-0.4, -0.2) is 29.8 Å². The first kappa shape index (κ1) is 14.5. The summed E-state index contributed by atoms with van der Waals surface area (Å²) in [6.45, 7) is 5.49. The third-order valence-corrected chi connectivity index (χ3v) is 2.02. The Hall–Kier alpha value is -1.52. The first-order valence-corrected chi connectivity index (χ1v) is 5.38. The Morgan fingerprint density at radius 1 is 1.50 bits per heavy atom. The fourth-order valence-electron chi connectivity index (χ4n) is 1.17. The highest BCUT2D eigenvalue weighted by Gasteiger charge is 2.19. The summed E-state index contributed by atoms with van der Waals surface area (Å²) in [5.41, 5.74) is 0. The van der Waals surface area contributed by atoms with Gasteiger partial charge in [0.05, 0.1) is 0 Å². The van der Waals surface area contributed by atoms with Crippen LogP contribution in [0.2, 0.25) is 0 Å². The zero-order chi connectivity index (χ0) is 12.4. The molecule has 92 valence electrons. The number of alkyl carbamates (subject to hydrolysis) is 1. The molecule has 0 rings (SSSR count). The number of hydrogen-bond donors (Lipinski definition) is 2. The van der Waals surface area contributed by atoms with E-state index in [4.69, 9.17) is 5.11 Å². The number of aliphatic carboxylic acids is 1. The van der Waals surface area contributed by atoms with Crippen LogP contribution in [0.5, 0.6) is 0 Å². The number of carbonyl (C=O) groups is 2. The third kappa shape index (κ3) is 6.86. The van der Waals surface area contributed by atoms with E-state index in [-0.39, 0.29) is 6.61 Å². The second-order valence-corrected chi connectivity index (χ2v) is 3.42. The van der Waals surface area contributed by atoms with Crippen molar-refractivity contribution in [2.75, 3.05) is 6.61 Å². The summed E-state index contributed by atoms with van der Waals surface area (Å²) in [5, 5.41) is 11.2. The number of unbranched alkanes of at least 4 members (excludes halogenated alkanes) is 2. The van der Waals surface area contributed by atoms with Gasteiger partial charge >= 0.3 is 12.1 Å². The van der Waals surface area contributed by atoms with Crippen molar-refractivity contribution in [3.8, 4) is 0 Å². The number of carbonyl (C=O) groups excluding carboxylic acids is 1. The molecule has 0 aliphatic carbocycles. The lowest BCUT2D eigenvalue weighted by Crippen LogP contribution is -2.41. The van der Waals surface area contributed by atoms with Gasteiger partial charge in [-0.2, -0.15) is 0 Å². The molecule has 0 aromatic heterocycles. The van der Waals surface area contributed by atoms with Crippen LogP contribution < -0.4 is 5.32 Å². The first-order chi connectivity index (χ1) is 7.61. The molecule has 0 saturated heterocycles. The molecule has 0 fully saturated rings. The molecule has 0 bridgehead atoms.